The molecule has 0 aromatic carbocycles. The average molecular weight is 280 g/mol. The lowest BCUT2D eigenvalue weighted by Gasteiger charge is -2.39. The molecule has 0 aromatic rings. The second-order valence-electron chi connectivity index (χ2n) is 8.44. The Morgan fingerprint density at radius 3 is 2.30 bits per heavy atom. The van der Waals surface area contributed by atoms with Crippen LogP contribution in [0.25, 0.3) is 0 Å². The highest BCUT2D eigenvalue weighted by molar-refractivity contribution is 4.85. The lowest BCUT2D eigenvalue weighted by atomic mass is 9.69. The van der Waals surface area contributed by atoms with Crippen LogP contribution in [0, 0.1) is 23.2 Å². The minimum absolute atomic E-state index is 0.559. The van der Waals surface area contributed by atoms with Crippen molar-refractivity contribution in [3.05, 3.63) is 0 Å². The monoisotopic (exact) mass is 279 g/mol. The summed E-state index contributed by atoms with van der Waals surface area (Å²) in [6.45, 7) is 11.0. The van der Waals surface area contributed by atoms with Crippen molar-refractivity contribution in [1.82, 2.24) is 5.32 Å². The van der Waals surface area contributed by atoms with Crippen LogP contribution < -0.4 is 5.32 Å². The third-order valence-corrected chi connectivity index (χ3v) is 6.48. The number of hydrogen-bond donors (Lipinski definition) is 1. The molecule has 0 amide bonds. The van der Waals surface area contributed by atoms with Gasteiger partial charge in [0.25, 0.3) is 0 Å². The summed E-state index contributed by atoms with van der Waals surface area (Å²) in [7, 11) is 0. The second kappa shape index (κ2) is 7.29. The lowest BCUT2D eigenvalue weighted by Crippen LogP contribution is -2.39. The molecule has 0 bridgehead atoms. The Morgan fingerprint density at radius 2 is 1.70 bits per heavy atom. The van der Waals surface area contributed by atoms with Crippen molar-refractivity contribution in [2.75, 3.05) is 6.54 Å². The number of nitrogens with one attached hydrogen (secondary N) is 1. The van der Waals surface area contributed by atoms with Crippen molar-refractivity contribution in [2.45, 2.75) is 91.5 Å². The normalized spacial score (nSPS) is 36.0. The maximum absolute atomic E-state index is 3.90. The molecule has 0 aromatic heterocycles. The number of hydrogen-bond acceptors (Lipinski definition) is 1. The predicted octanol–water partition coefficient (Wildman–Crippen LogP) is 5.40. The van der Waals surface area contributed by atoms with E-state index in [0.29, 0.717) is 5.41 Å². The molecule has 0 heterocycles. The van der Waals surface area contributed by atoms with E-state index in [1.165, 1.54) is 64.3 Å². The van der Waals surface area contributed by atoms with Gasteiger partial charge in [0.1, 0.15) is 0 Å². The summed E-state index contributed by atoms with van der Waals surface area (Å²) in [5, 5.41) is 3.90. The van der Waals surface area contributed by atoms with Gasteiger partial charge in [0.2, 0.25) is 0 Å². The van der Waals surface area contributed by atoms with Crippen LogP contribution >= 0.6 is 0 Å². The summed E-state index contributed by atoms with van der Waals surface area (Å²) in [6.07, 6.45) is 12.9. The molecule has 0 radical (unpaired) electrons. The fourth-order valence-electron chi connectivity index (χ4n) is 4.45. The first-order chi connectivity index (χ1) is 9.51. The van der Waals surface area contributed by atoms with Crippen LogP contribution in [0.1, 0.15) is 85.5 Å². The highest BCUT2D eigenvalue weighted by Gasteiger charge is 2.31. The molecule has 1 N–H and O–H groups in total. The summed E-state index contributed by atoms with van der Waals surface area (Å²) in [5.74, 6) is 2.89. The molecule has 2 fully saturated rings. The van der Waals surface area contributed by atoms with Gasteiger partial charge in [-0.1, -0.05) is 47.0 Å². The zero-order chi connectivity index (χ0) is 14.6. The van der Waals surface area contributed by atoms with Crippen LogP contribution in [-0.4, -0.2) is 12.6 Å². The maximum atomic E-state index is 3.90. The summed E-state index contributed by atoms with van der Waals surface area (Å²) in [6, 6.07) is 0.816. The molecule has 20 heavy (non-hydrogen) atoms. The molecule has 0 spiro atoms. The van der Waals surface area contributed by atoms with Crippen molar-refractivity contribution in [2.24, 2.45) is 23.2 Å². The van der Waals surface area contributed by atoms with Crippen molar-refractivity contribution in [3.8, 4) is 0 Å². The van der Waals surface area contributed by atoms with E-state index in [2.05, 4.69) is 33.0 Å². The molecule has 2 rings (SSSR count). The van der Waals surface area contributed by atoms with Gasteiger partial charge >= 0.3 is 0 Å². The van der Waals surface area contributed by atoms with Crippen LogP contribution in [0.3, 0.4) is 0 Å². The Bertz CT molecular complexity index is 275. The SMILES string of the molecule is CCC(C)(C)C1CCC(NCC2CCCC(C)C2)CC1. The zero-order valence-corrected chi connectivity index (χ0v) is 14.4. The summed E-state index contributed by atoms with van der Waals surface area (Å²) in [4.78, 5) is 0. The van der Waals surface area contributed by atoms with Crippen LogP contribution in [-0.2, 0) is 0 Å². The van der Waals surface area contributed by atoms with Crippen LogP contribution in [0.2, 0.25) is 0 Å². The summed E-state index contributed by atoms with van der Waals surface area (Å²) >= 11 is 0. The Kier molecular flexibility index (Phi) is 5.95. The highest BCUT2D eigenvalue weighted by atomic mass is 14.9. The molecule has 2 aliphatic carbocycles. The highest BCUT2D eigenvalue weighted by Crippen LogP contribution is 2.40. The molecular formula is C19H37N. The Morgan fingerprint density at radius 1 is 1.00 bits per heavy atom. The first kappa shape index (κ1) is 16.3. The van der Waals surface area contributed by atoms with Gasteiger partial charge in [-0.3, -0.25) is 0 Å². The van der Waals surface area contributed by atoms with Crippen molar-refractivity contribution in [1.29, 1.82) is 0 Å². The third kappa shape index (κ3) is 4.48. The van der Waals surface area contributed by atoms with Crippen LogP contribution in [0.15, 0.2) is 0 Å². The van der Waals surface area contributed by atoms with Gasteiger partial charge in [0, 0.05) is 6.04 Å². The van der Waals surface area contributed by atoms with Crippen molar-refractivity contribution in [3.63, 3.8) is 0 Å². The zero-order valence-electron chi connectivity index (χ0n) is 14.4. The molecular weight excluding hydrogens is 242 g/mol. The van der Waals surface area contributed by atoms with Gasteiger partial charge in [-0.15, -0.1) is 0 Å². The molecule has 2 aliphatic rings. The van der Waals surface area contributed by atoms with Crippen LogP contribution in [0.5, 0.6) is 0 Å². The minimum Gasteiger partial charge on any atom is -0.314 e. The molecule has 1 heteroatoms. The van der Waals surface area contributed by atoms with E-state index >= 15 is 0 Å². The largest absolute Gasteiger partial charge is 0.314 e. The standard InChI is InChI=1S/C19H37N/c1-5-19(3,4)17-9-11-18(12-10-17)20-14-16-8-6-7-15(2)13-16/h15-18,20H,5-14H2,1-4H3. The Hall–Kier alpha value is -0.0400. The summed E-state index contributed by atoms with van der Waals surface area (Å²) < 4.78 is 0. The predicted molar refractivity (Wildman–Crippen MR) is 88.9 cm³/mol. The van der Waals surface area contributed by atoms with E-state index in [4.69, 9.17) is 0 Å². The molecule has 0 aliphatic heterocycles. The summed E-state index contributed by atoms with van der Waals surface area (Å²) in [5.41, 5.74) is 0.559. The third-order valence-electron chi connectivity index (χ3n) is 6.48. The lowest BCUT2D eigenvalue weighted by molar-refractivity contribution is 0.134. The first-order valence-corrected chi connectivity index (χ1v) is 9.24. The van der Waals surface area contributed by atoms with Gasteiger partial charge in [-0.2, -0.15) is 0 Å². The maximum Gasteiger partial charge on any atom is 0.00673 e. The van der Waals surface area contributed by atoms with E-state index < -0.39 is 0 Å². The van der Waals surface area contributed by atoms with Crippen molar-refractivity contribution >= 4 is 0 Å². The Balaban J connectivity index is 1.67. The average Bonchev–Trinajstić information content (AvgIpc) is 2.46. The van der Waals surface area contributed by atoms with E-state index in [1.54, 1.807) is 0 Å². The van der Waals surface area contributed by atoms with Gasteiger partial charge in [-0.25, -0.2) is 0 Å². The molecule has 0 saturated heterocycles. The van der Waals surface area contributed by atoms with Crippen LogP contribution in [0.4, 0.5) is 0 Å². The molecule has 118 valence electrons. The molecule has 2 saturated carbocycles. The van der Waals surface area contributed by atoms with Gasteiger partial charge in [-0.05, 0) is 68.2 Å². The molecule has 2 atom stereocenters. The van der Waals surface area contributed by atoms with E-state index in [1.807, 2.05) is 0 Å². The minimum atomic E-state index is 0.559. The topological polar surface area (TPSA) is 12.0 Å². The van der Waals surface area contributed by atoms with Crippen molar-refractivity contribution < 1.29 is 0 Å². The quantitative estimate of drug-likeness (QED) is 0.710. The molecule has 2 unspecified atom stereocenters. The fraction of sp³-hybridized carbons (Fsp3) is 1.00. The van der Waals surface area contributed by atoms with Gasteiger partial charge in [0.05, 0.1) is 0 Å². The fourth-order valence-corrected chi connectivity index (χ4v) is 4.45. The number of rotatable bonds is 5. The van der Waals surface area contributed by atoms with E-state index in [-0.39, 0.29) is 0 Å². The second-order valence-corrected chi connectivity index (χ2v) is 8.44. The van der Waals surface area contributed by atoms with E-state index in [9.17, 15) is 0 Å². The molecule has 1 nitrogen and oxygen atoms in total. The smallest absolute Gasteiger partial charge is 0.00673 e. The van der Waals surface area contributed by atoms with Gasteiger partial charge < -0.3 is 5.32 Å². The first-order valence-electron chi connectivity index (χ1n) is 9.24. The van der Waals surface area contributed by atoms with Gasteiger partial charge in [0.15, 0.2) is 0 Å². The Labute approximate surface area is 127 Å². The van der Waals surface area contributed by atoms with E-state index in [0.717, 1.165) is 23.8 Å².